The first-order valence-electron chi connectivity index (χ1n) is 13.9. The van der Waals surface area contributed by atoms with E-state index in [1.165, 1.54) is 19.3 Å². The van der Waals surface area contributed by atoms with Crippen molar-refractivity contribution in [2.45, 2.75) is 110 Å². The minimum Gasteiger partial charge on any atom is -0.464 e. The van der Waals surface area contributed by atoms with Gasteiger partial charge in [-0.3, -0.25) is 14.4 Å². The molecule has 4 atom stereocenters. The number of nitrogens with one attached hydrogen (secondary N) is 3. The second-order valence-electron chi connectivity index (χ2n) is 10.2. The molecule has 0 bridgehead atoms. The molecule has 0 aliphatic carbocycles. The summed E-state index contributed by atoms with van der Waals surface area (Å²) in [5, 5.41) is 8.44. The average Bonchev–Trinajstić information content (AvgIpc) is 2.83. The van der Waals surface area contributed by atoms with Crippen LogP contribution >= 0.6 is 0 Å². The van der Waals surface area contributed by atoms with Gasteiger partial charge in [-0.2, -0.15) is 0 Å². The van der Waals surface area contributed by atoms with Gasteiger partial charge in [0.1, 0.15) is 12.1 Å². The molecule has 0 saturated heterocycles. The second kappa shape index (κ2) is 18.0. The molecule has 1 rings (SSSR count). The molecule has 0 aromatic rings. The Hall–Kier alpha value is -2.38. The first-order chi connectivity index (χ1) is 17.2. The summed E-state index contributed by atoms with van der Waals surface area (Å²) in [6, 6.07) is -1.73. The summed E-state index contributed by atoms with van der Waals surface area (Å²) in [7, 11) is 1.56. The standard InChI is InChI=1S/C28H49N3O5/c1-6-8-9-10-12-15-21-16-13-11-14-17-22(25(32)29-5)19-24(28(35)36-7-2)31-27(34)23(18-20(3)4)30-26(21)33/h11,14,20-24H,6-10,12-13,15-19H2,1-5H3,(H,29,32)(H,30,33)(H,31,34)/b14-11-/t21?,22?,23-,24-/m0/s1. The number of amides is 3. The SMILES string of the molecule is CCCCCCCC1CC/C=C\CC(C(=O)NC)C[C@@H](C(=O)OCC)NC(=O)[C@H](CC(C)C)NC1=O. The highest BCUT2D eigenvalue weighted by Gasteiger charge is 2.32. The Morgan fingerprint density at radius 3 is 2.42 bits per heavy atom. The number of rotatable bonds is 11. The van der Waals surface area contributed by atoms with Crippen LogP contribution in [0.25, 0.3) is 0 Å². The van der Waals surface area contributed by atoms with Crippen LogP contribution in [0, 0.1) is 17.8 Å². The zero-order valence-electron chi connectivity index (χ0n) is 23.1. The maximum absolute atomic E-state index is 13.3. The molecule has 0 aromatic heterocycles. The van der Waals surface area contributed by atoms with Crippen molar-refractivity contribution >= 4 is 23.7 Å². The van der Waals surface area contributed by atoms with Crippen LogP contribution < -0.4 is 16.0 Å². The Bertz CT molecular complexity index is 722. The van der Waals surface area contributed by atoms with Crippen LogP contribution in [0.4, 0.5) is 0 Å². The van der Waals surface area contributed by atoms with E-state index in [0.717, 1.165) is 25.7 Å². The first-order valence-corrected chi connectivity index (χ1v) is 13.9. The highest BCUT2D eigenvalue weighted by molar-refractivity contribution is 5.91. The van der Waals surface area contributed by atoms with Gasteiger partial charge in [0.15, 0.2) is 0 Å². The van der Waals surface area contributed by atoms with Crippen molar-refractivity contribution < 1.29 is 23.9 Å². The molecule has 36 heavy (non-hydrogen) atoms. The number of allylic oxidation sites excluding steroid dienone is 2. The van der Waals surface area contributed by atoms with E-state index in [4.69, 9.17) is 4.74 Å². The van der Waals surface area contributed by atoms with Crippen LogP contribution in [-0.4, -0.2) is 49.4 Å². The third kappa shape index (κ3) is 12.0. The summed E-state index contributed by atoms with van der Waals surface area (Å²) in [5.41, 5.74) is 0. The zero-order chi connectivity index (χ0) is 26.9. The molecule has 206 valence electrons. The molecule has 8 heteroatoms. The Kier molecular flexibility index (Phi) is 15.8. The molecule has 0 radical (unpaired) electrons. The van der Waals surface area contributed by atoms with Gasteiger partial charge in [0.2, 0.25) is 17.7 Å². The summed E-state index contributed by atoms with van der Waals surface area (Å²) >= 11 is 0. The van der Waals surface area contributed by atoms with Crippen molar-refractivity contribution in [2.24, 2.45) is 17.8 Å². The van der Waals surface area contributed by atoms with Crippen LogP contribution in [0.2, 0.25) is 0 Å². The van der Waals surface area contributed by atoms with E-state index < -0.39 is 29.9 Å². The van der Waals surface area contributed by atoms with E-state index in [1.54, 1.807) is 14.0 Å². The van der Waals surface area contributed by atoms with E-state index in [2.05, 4.69) is 22.9 Å². The molecule has 1 aliphatic rings. The highest BCUT2D eigenvalue weighted by Crippen LogP contribution is 2.21. The number of hydrogen-bond donors (Lipinski definition) is 3. The third-order valence-electron chi connectivity index (χ3n) is 6.66. The lowest BCUT2D eigenvalue weighted by atomic mass is 9.91. The molecule has 3 N–H and O–H groups in total. The van der Waals surface area contributed by atoms with Crippen molar-refractivity contribution in [3.05, 3.63) is 12.2 Å². The fourth-order valence-electron chi connectivity index (χ4n) is 4.60. The largest absolute Gasteiger partial charge is 0.464 e. The molecular formula is C28H49N3O5. The van der Waals surface area contributed by atoms with E-state index >= 15 is 0 Å². The molecule has 1 aliphatic heterocycles. The lowest BCUT2D eigenvalue weighted by Crippen LogP contribution is -2.54. The molecule has 0 spiro atoms. The highest BCUT2D eigenvalue weighted by atomic mass is 16.5. The number of hydrogen-bond acceptors (Lipinski definition) is 5. The van der Waals surface area contributed by atoms with Gasteiger partial charge in [0.05, 0.1) is 6.61 Å². The Labute approximate surface area is 217 Å². The molecule has 0 fully saturated rings. The molecule has 2 unspecified atom stereocenters. The van der Waals surface area contributed by atoms with Crippen molar-refractivity contribution in [1.29, 1.82) is 0 Å². The first kappa shape index (κ1) is 31.6. The predicted molar refractivity (Wildman–Crippen MR) is 142 cm³/mol. The summed E-state index contributed by atoms with van der Waals surface area (Å²) in [6.07, 6.45) is 12.8. The topological polar surface area (TPSA) is 114 Å². The van der Waals surface area contributed by atoms with E-state index in [-0.39, 0.29) is 36.7 Å². The van der Waals surface area contributed by atoms with Gasteiger partial charge in [-0.15, -0.1) is 0 Å². The van der Waals surface area contributed by atoms with Gasteiger partial charge >= 0.3 is 5.97 Å². The van der Waals surface area contributed by atoms with Crippen LogP contribution in [-0.2, 0) is 23.9 Å². The Morgan fingerprint density at radius 1 is 1.06 bits per heavy atom. The van der Waals surface area contributed by atoms with Crippen molar-refractivity contribution in [3.63, 3.8) is 0 Å². The quantitative estimate of drug-likeness (QED) is 0.222. The van der Waals surface area contributed by atoms with E-state index in [0.29, 0.717) is 19.3 Å². The third-order valence-corrected chi connectivity index (χ3v) is 6.66. The smallest absolute Gasteiger partial charge is 0.328 e. The Balaban J connectivity index is 3.19. The van der Waals surface area contributed by atoms with Crippen molar-refractivity contribution in [3.8, 4) is 0 Å². The summed E-state index contributed by atoms with van der Waals surface area (Å²) in [6.45, 7) is 8.03. The lowest BCUT2D eigenvalue weighted by Gasteiger charge is -2.27. The maximum atomic E-state index is 13.3. The van der Waals surface area contributed by atoms with Crippen LogP contribution in [0.5, 0.6) is 0 Å². The fraction of sp³-hybridized carbons (Fsp3) is 0.786. The normalized spacial score (nSPS) is 24.8. The summed E-state index contributed by atoms with van der Waals surface area (Å²) < 4.78 is 5.20. The zero-order valence-corrected chi connectivity index (χ0v) is 23.1. The van der Waals surface area contributed by atoms with Gasteiger partial charge in [-0.25, -0.2) is 4.79 Å². The van der Waals surface area contributed by atoms with Gasteiger partial charge < -0.3 is 20.7 Å². The molecule has 3 amide bonds. The Morgan fingerprint density at radius 2 is 1.78 bits per heavy atom. The monoisotopic (exact) mass is 507 g/mol. The van der Waals surface area contributed by atoms with E-state index in [1.807, 2.05) is 26.0 Å². The van der Waals surface area contributed by atoms with Gasteiger partial charge in [0, 0.05) is 18.9 Å². The second-order valence-corrected chi connectivity index (χ2v) is 10.2. The van der Waals surface area contributed by atoms with Crippen molar-refractivity contribution in [2.75, 3.05) is 13.7 Å². The molecule has 1 heterocycles. The number of esters is 1. The lowest BCUT2D eigenvalue weighted by molar-refractivity contribution is -0.148. The minimum atomic E-state index is -0.975. The molecule has 0 saturated carbocycles. The molecular weight excluding hydrogens is 458 g/mol. The number of carbonyl (C=O) groups excluding carboxylic acids is 4. The fourth-order valence-corrected chi connectivity index (χ4v) is 4.60. The number of ether oxygens (including phenoxy) is 1. The number of carbonyl (C=O) groups is 4. The van der Waals surface area contributed by atoms with Crippen LogP contribution in [0.15, 0.2) is 12.2 Å². The maximum Gasteiger partial charge on any atom is 0.328 e. The average molecular weight is 508 g/mol. The van der Waals surface area contributed by atoms with Gasteiger partial charge in [-0.1, -0.05) is 65.0 Å². The minimum absolute atomic E-state index is 0.104. The van der Waals surface area contributed by atoms with Crippen LogP contribution in [0.3, 0.4) is 0 Å². The van der Waals surface area contributed by atoms with Gasteiger partial charge in [-0.05, 0) is 51.4 Å². The summed E-state index contributed by atoms with van der Waals surface area (Å²) in [4.78, 5) is 51.9. The molecule has 0 aromatic carbocycles. The summed E-state index contributed by atoms with van der Waals surface area (Å²) in [5.74, 6) is -1.79. The van der Waals surface area contributed by atoms with Gasteiger partial charge in [0.25, 0.3) is 0 Å². The predicted octanol–water partition coefficient (Wildman–Crippen LogP) is 4.03. The van der Waals surface area contributed by atoms with Crippen LogP contribution in [0.1, 0.15) is 98.3 Å². The molecule has 8 nitrogen and oxygen atoms in total. The van der Waals surface area contributed by atoms with E-state index in [9.17, 15) is 19.2 Å². The van der Waals surface area contributed by atoms with Crippen molar-refractivity contribution in [1.82, 2.24) is 16.0 Å². The number of unbranched alkanes of at least 4 members (excludes halogenated alkanes) is 4.